The van der Waals surface area contributed by atoms with Gasteiger partial charge in [-0.25, -0.2) is 9.48 Å². The number of ether oxygens (including phenoxy) is 4. The van der Waals surface area contributed by atoms with E-state index < -0.39 is 19.6 Å². The molecule has 0 aromatic carbocycles. The summed E-state index contributed by atoms with van der Waals surface area (Å²) in [5.74, 6) is -0.439. The minimum absolute atomic E-state index is 0.265. The van der Waals surface area contributed by atoms with Crippen molar-refractivity contribution in [3.05, 3.63) is 17.5 Å². The monoisotopic (exact) mass is 432 g/mol. The first-order chi connectivity index (χ1) is 12.7. The van der Waals surface area contributed by atoms with E-state index in [9.17, 15) is 4.79 Å². The van der Waals surface area contributed by atoms with Gasteiger partial charge in [0.05, 0.1) is 19.8 Å². The molecule has 1 aromatic rings. The Bertz CT molecular complexity index is 671. The fourth-order valence-electron chi connectivity index (χ4n) is 2.45. The summed E-state index contributed by atoms with van der Waals surface area (Å²) >= 11 is 6.53. The Morgan fingerprint density at radius 3 is 2.67 bits per heavy atom. The third kappa shape index (κ3) is 6.02. The molecule has 0 atom stereocenters. The third-order valence-corrected chi connectivity index (χ3v) is 6.73. The Morgan fingerprint density at radius 1 is 1.44 bits per heavy atom. The van der Waals surface area contributed by atoms with Gasteiger partial charge >= 0.3 is 5.97 Å². The molecule has 1 saturated heterocycles. The van der Waals surface area contributed by atoms with Crippen molar-refractivity contribution in [2.45, 2.75) is 44.9 Å². The van der Waals surface area contributed by atoms with Crippen LogP contribution in [0.2, 0.25) is 25.7 Å². The van der Waals surface area contributed by atoms with E-state index >= 15 is 0 Å². The second-order valence-corrected chi connectivity index (χ2v) is 14.6. The highest BCUT2D eigenvalue weighted by Gasteiger charge is 2.48. The van der Waals surface area contributed by atoms with Crippen molar-refractivity contribution in [1.82, 2.24) is 9.78 Å². The molecule has 10 heteroatoms. The van der Waals surface area contributed by atoms with Crippen LogP contribution in [0.4, 0.5) is 0 Å². The number of thiocarbonyl (C=S) groups is 1. The lowest BCUT2D eigenvalue weighted by Crippen LogP contribution is -2.51. The SMILES string of the molecule is CCOC(=O)c1cn(COCC[Si](C)(C)C)nc1C1(OC(=S)SC)COC1. The number of hydrogen-bond acceptors (Lipinski definition) is 8. The van der Waals surface area contributed by atoms with Crippen molar-refractivity contribution in [3.8, 4) is 0 Å². The summed E-state index contributed by atoms with van der Waals surface area (Å²) in [6.07, 6.45) is 3.49. The molecule has 0 amide bonds. The van der Waals surface area contributed by atoms with Gasteiger partial charge < -0.3 is 18.9 Å². The molecule has 1 aliphatic heterocycles. The number of carbonyl (C=O) groups is 1. The van der Waals surface area contributed by atoms with Crippen LogP contribution >= 0.6 is 24.0 Å². The lowest BCUT2D eigenvalue weighted by Gasteiger charge is -2.40. The summed E-state index contributed by atoms with van der Waals surface area (Å²) < 4.78 is 24.2. The number of rotatable bonds is 9. The van der Waals surface area contributed by atoms with Crippen LogP contribution in [-0.4, -0.2) is 60.9 Å². The van der Waals surface area contributed by atoms with Crippen molar-refractivity contribution < 1.29 is 23.7 Å². The minimum Gasteiger partial charge on any atom is -0.462 e. The summed E-state index contributed by atoms with van der Waals surface area (Å²) in [6.45, 7) is 10.4. The molecule has 0 saturated carbocycles. The molecule has 0 aliphatic carbocycles. The zero-order chi connectivity index (χ0) is 20.1. The van der Waals surface area contributed by atoms with Crippen LogP contribution in [0.15, 0.2) is 6.20 Å². The molecule has 1 aliphatic rings. The van der Waals surface area contributed by atoms with Crippen molar-refractivity contribution in [1.29, 1.82) is 0 Å². The maximum absolute atomic E-state index is 12.4. The van der Waals surface area contributed by atoms with Crippen molar-refractivity contribution in [2.75, 3.05) is 32.7 Å². The average Bonchev–Trinajstić information content (AvgIpc) is 2.98. The Labute approximate surface area is 171 Å². The standard InChI is InChI=1S/C17H28N2O5S2Si/c1-6-23-15(20)13-9-19(12-21-7-8-27(3,4)5)18-14(13)17(10-22-11-17)24-16(25)26-2/h9H,6-8,10-12H2,1-5H3. The van der Waals surface area contributed by atoms with Crippen LogP contribution in [0.3, 0.4) is 0 Å². The molecule has 0 spiro atoms. The maximum atomic E-state index is 12.4. The number of hydrogen-bond donors (Lipinski definition) is 0. The molecule has 152 valence electrons. The zero-order valence-corrected chi connectivity index (χ0v) is 19.2. The smallest absolute Gasteiger partial charge is 0.341 e. The van der Waals surface area contributed by atoms with E-state index in [-0.39, 0.29) is 26.6 Å². The van der Waals surface area contributed by atoms with Crippen LogP contribution in [0.25, 0.3) is 0 Å². The van der Waals surface area contributed by atoms with Gasteiger partial charge in [0.15, 0.2) is 0 Å². The predicted molar refractivity (Wildman–Crippen MR) is 112 cm³/mol. The van der Waals surface area contributed by atoms with E-state index in [1.54, 1.807) is 17.8 Å². The fraction of sp³-hybridized carbons (Fsp3) is 0.706. The zero-order valence-electron chi connectivity index (χ0n) is 16.6. The molecular formula is C17H28N2O5S2Si. The largest absolute Gasteiger partial charge is 0.462 e. The molecule has 1 aromatic heterocycles. The lowest BCUT2D eigenvalue weighted by molar-refractivity contribution is -0.174. The Balaban J connectivity index is 2.19. The van der Waals surface area contributed by atoms with E-state index in [0.717, 1.165) is 6.04 Å². The first-order valence-electron chi connectivity index (χ1n) is 8.88. The van der Waals surface area contributed by atoms with Crippen LogP contribution in [0.1, 0.15) is 23.0 Å². The molecule has 7 nitrogen and oxygen atoms in total. The van der Waals surface area contributed by atoms with Gasteiger partial charge in [0.1, 0.15) is 18.0 Å². The van der Waals surface area contributed by atoms with Gasteiger partial charge in [-0.15, -0.1) is 0 Å². The number of thioether (sulfide) groups is 1. The minimum atomic E-state index is -1.16. The predicted octanol–water partition coefficient (Wildman–Crippen LogP) is 3.26. The highest BCUT2D eigenvalue weighted by atomic mass is 32.2. The van der Waals surface area contributed by atoms with Crippen molar-refractivity contribution >= 4 is 42.4 Å². The topological polar surface area (TPSA) is 71.8 Å². The van der Waals surface area contributed by atoms with Crippen LogP contribution in [-0.2, 0) is 31.3 Å². The Hall–Kier alpha value is -0.943. The first kappa shape index (κ1) is 22.3. The Kier molecular flexibility index (Phi) is 7.87. The lowest BCUT2D eigenvalue weighted by atomic mass is 9.94. The summed E-state index contributed by atoms with van der Waals surface area (Å²) in [5, 5.41) is 4.56. The Morgan fingerprint density at radius 2 is 2.15 bits per heavy atom. The molecule has 0 radical (unpaired) electrons. The highest BCUT2D eigenvalue weighted by Crippen LogP contribution is 2.36. The van der Waals surface area contributed by atoms with Crippen LogP contribution in [0.5, 0.6) is 0 Å². The van der Waals surface area contributed by atoms with E-state index in [0.29, 0.717) is 22.2 Å². The van der Waals surface area contributed by atoms with E-state index in [4.69, 9.17) is 31.2 Å². The second kappa shape index (κ2) is 9.51. The van der Waals surface area contributed by atoms with E-state index in [2.05, 4.69) is 24.7 Å². The molecular weight excluding hydrogens is 404 g/mol. The first-order valence-corrected chi connectivity index (χ1v) is 14.2. The van der Waals surface area contributed by atoms with Gasteiger partial charge in [-0.2, -0.15) is 5.10 Å². The summed E-state index contributed by atoms with van der Waals surface area (Å²) in [7, 11) is -1.16. The molecule has 2 rings (SSSR count). The maximum Gasteiger partial charge on any atom is 0.341 e. The van der Waals surface area contributed by atoms with Crippen molar-refractivity contribution in [2.24, 2.45) is 0 Å². The molecule has 0 unspecified atom stereocenters. The number of carbonyl (C=O) groups excluding carboxylic acids is 1. The summed E-state index contributed by atoms with van der Waals surface area (Å²) in [5.41, 5.74) is -0.0126. The van der Waals surface area contributed by atoms with E-state index in [1.165, 1.54) is 11.8 Å². The van der Waals surface area contributed by atoms with Crippen molar-refractivity contribution in [3.63, 3.8) is 0 Å². The van der Waals surface area contributed by atoms with Crippen LogP contribution in [0, 0.1) is 0 Å². The second-order valence-electron chi connectivity index (χ2n) is 7.54. The normalized spacial score (nSPS) is 15.9. The number of nitrogens with zero attached hydrogens (tertiary/aromatic N) is 2. The average molecular weight is 433 g/mol. The quantitative estimate of drug-likeness (QED) is 0.255. The summed E-state index contributed by atoms with van der Waals surface area (Å²) in [4.78, 5) is 12.4. The summed E-state index contributed by atoms with van der Waals surface area (Å²) in [6, 6.07) is 1.06. The van der Waals surface area contributed by atoms with E-state index in [1.807, 2.05) is 6.26 Å². The van der Waals surface area contributed by atoms with Gasteiger partial charge in [-0.1, -0.05) is 31.4 Å². The molecule has 1 fully saturated rings. The highest BCUT2D eigenvalue weighted by molar-refractivity contribution is 8.22. The molecule has 0 bridgehead atoms. The molecule has 0 N–H and O–H groups in total. The number of aromatic nitrogens is 2. The fourth-order valence-corrected chi connectivity index (χ4v) is 3.61. The van der Waals surface area contributed by atoms with Crippen LogP contribution < -0.4 is 0 Å². The molecule has 27 heavy (non-hydrogen) atoms. The number of esters is 1. The van der Waals surface area contributed by atoms with Gasteiger partial charge in [0, 0.05) is 20.9 Å². The van der Waals surface area contributed by atoms with Gasteiger partial charge in [-0.05, 0) is 31.4 Å². The van der Waals surface area contributed by atoms with Gasteiger partial charge in [0.2, 0.25) is 9.98 Å². The van der Waals surface area contributed by atoms with Gasteiger partial charge in [0.25, 0.3) is 0 Å². The molecule has 2 heterocycles. The van der Waals surface area contributed by atoms with Gasteiger partial charge in [-0.3, -0.25) is 0 Å². The third-order valence-electron chi connectivity index (χ3n) is 4.02.